The monoisotopic (exact) mass is 379 g/mol. The fourth-order valence-corrected chi connectivity index (χ4v) is 4.73. The largest absolute Gasteiger partial charge is 0.350 e. The molecule has 0 atom stereocenters. The van der Waals surface area contributed by atoms with Crippen molar-refractivity contribution < 1.29 is 17.6 Å². The van der Waals surface area contributed by atoms with E-state index in [-0.39, 0.29) is 21.8 Å². The maximum absolute atomic E-state index is 14.3. The van der Waals surface area contributed by atoms with Gasteiger partial charge in [-0.15, -0.1) is 0 Å². The standard InChI is InChI=1S/C21H14FNO3S/c22-16-12-7-13-17-19(16)23-18(14-8-3-1-4-9-14)21(27(17,25)26)20(24)15-10-5-2-6-11-15/h1-13,23H. The van der Waals surface area contributed by atoms with Crippen LogP contribution in [0.25, 0.3) is 5.70 Å². The summed E-state index contributed by atoms with van der Waals surface area (Å²) >= 11 is 0. The highest BCUT2D eigenvalue weighted by atomic mass is 32.2. The summed E-state index contributed by atoms with van der Waals surface area (Å²) in [5.41, 5.74) is 0.642. The second-order valence-electron chi connectivity index (χ2n) is 6.01. The summed E-state index contributed by atoms with van der Waals surface area (Å²) in [6.07, 6.45) is 0. The summed E-state index contributed by atoms with van der Waals surface area (Å²) in [7, 11) is -4.22. The van der Waals surface area contributed by atoms with Gasteiger partial charge in [0.15, 0.2) is 0 Å². The maximum Gasteiger partial charge on any atom is 0.214 e. The van der Waals surface area contributed by atoms with Crippen LogP contribution in [0.2, 0.25) is 0 Å². The molecule has 4 nitrogen and oxygen atoms in total. The van der Waals surface area contributed by atoms with Gasteiger partial charge in [0.2, 0.25) is 15.6 Å². The van der Waals surface area contributed by atoms with E-state index in [2.05, 4.69) is 5.32 Å². The van der Waals surface area contributed by atoms with Crippen LogP contribution in [0.15, 0.2) is 88.7 Å². The van der Waals surface area contributed by atoms with Crippen LogP contribution in [0.3, 0.4) is 0 Å². The summed E-state index contributed by atoms with van der Waals surface area (Å²) < 4.78 is 40.9. The lowest BCUT2D eigenvalue weighted by Gasteiger charge is -2.24. The summed E-state index contributed by atoms with van der Waals surface area (Å²) in [6.45, 7) is 0. The molecule has 0 aliphatic carbocycles. The van der Waals surface area contributed by atoms with Crippen molar-refractivity contribution >= 4 is 27.0 Å². The van der Waals surface area contributed by atoms with Crippen LogP contribution in [0.4, 0.5) is 10.1 Å². The zero-order chi connectivity index (χ0) is 19.0. The van der Waals surface area contributed by atoms with Crippen molar-refractivity contribution in [1.82, 2.24) is 0 Å². The molecule has 3 aromatic rings. The lowest BCUT2D eigenvalue weighted by Crippen LogP contribution is -2.25. The molecule has 1 aliphatic heterocycles. The van der Waals surface area contributed by atoms with E-state index in [1.807, 2.05) is 0 Å². The molecule has 0 spiro atoms. The fourth-order valence-electron chi connectivity index (χ4n) is 3.04. The average Bonchev–Trinajstić information content (AvgIpc) is 2.69. The number of benzene rings is 3. The predicted molar refractivity (Wildman–Crippen MR) is 101 cm³/mol. The number of carbonyl (C=O) groups excluding carboxylic acids is 1. The number of Topliss-reactive ketones (excluding diaryl/α,β-unsaturated/α-hetero) is 1. The zero-order valence-electron chi connectivity index (χ0n) is 14.0. The second kappa shape index (κ2) is 6.48. The number of allylic oxidation sites excluding steroid dienone is 1. The maximum atomic E-state index is 14.3. The summed E-state index contributed by atoms with van der Waals surface area (Å²) in [6, 6.07) is 20.5. The van der Waals surface area contributed by atoms with Gasteiger partial charge in [0, 0.05) is 5.56 Å². The molecular formula is C21H14FNO3S. The number of hydrogen-bond donors (Lipinski definition) is 1. The van der Waals surface area contributed by atoms with E-state index < -0.39 is 26.3 Å². The minimum absolute atomic E-state index is 0.0713. The first kappa shape index (κ1) is 17.2. The minimum atomic E-state index is -4.22. The minimum Gasteiger partial charge on any atom is -0.350 e. The van der Waals surface area contributed by atoms with Crippen molar-refractivity contribution in [2.75, 3.05) is 5.32 Å². The first-order valence-corrected chi connectivity index (χ1v) is 9.68. The molecular weight excluding hydrogens is 365 g/mol. The van der Waals surface area contributed by atoms with Gasteiger partial charge in [-0.05, 0) is 17.7 Å². The van der Waals surface area contributed by atoms with Crippen molar-refractivity contribution in [2.45, 2.75) is 4.90 Å². The Kier molecular flexibility index (Phi) is 4.12. The quantitative estimate of drug-likeness (QED) is 0.690. The van der Waals surface area contributed by atoms with Crippen molar-refractivity contribution in [1.29, 1.82) is 0 Å². The van der Waals surface area contributed by atoms with Gasteiger partial charge in [-0.3, -0.25) is 4.79 Å². The number of nitrogens with one attached hydrogen (secondary N) is 1. The van der Waals surface area contributed by atoms with Gasteiger partial charge in [0.1, 0.15) is 10.7 Å². The van der Waals surface area contributed by atoms with Crippen LogP contribution in [0.1, 0.15) is 15.9 Å². The third kappa shape index (κ3) is 2.84. The Balaban J connectivity index is 2.03. The second-order valence-corrected chi connectivity index (χ2v) is 7.86. The summed E-state index contributed by atoms with van der Waals surface area (Å²) in [5, 5.41) is 2.84. The smallest absolute Gasteiger partial charge is 0.214 e. The van der Waals surface area contributed by atoms with Crippen molar-refractivity contribution in [3.63, 3.8) is 0 Å². The highest BCUT2D eigenvalue weighted by Gasteiger charge is 2.38. The molecule has 0 saturated heterocycles. The van der Waals surface area contributed by atoms with E-state index in [9.17, 15) is 17.6 Å². The van der Waals surface area contributed by atoms with Gasteiger partial charge in [0.05, 0.1) is 16.3 Å². The summed E-state index contributed by atoms with van der Waals surface area (Å²) in [5.74, 6) is -1.34. The van der Waals surface area contributed by atoms with E-state index in [4.69, 9.17) is 0 Å². The third-order valence-electron chi connectivity index (χ3n) is 4.32. The molecule has 0 amide bonds. The third-order valence-corrected chi connectivity index (χ3v) is 6.16. The Morgan fingerprint density at radius 2 is 1.44 bits per heavy atom. The highest BCUT2D eigenvalue weighted by molar-refractivity contribution is 7.96. The number of sulfone groups is 1. The molecule has 27 heavy (non-hydrogen) atoms. The molecule has 0 unspecified atom stereocenters. The molecule has 4 rings (SSSR count). The first-order valence-electron chi connectivity index (χ1n) is 8.20. The Morgan fingerprint density at radius 3 is 2.11 bits per heavy atom. The summed E-state index contributed by atoms with van der Waals surface area (Å²) in [4.78, 5) is 12.5. The fraction of sp³-hybridized carbons (Fsp3) is 0. The number of carbonyl (C=O) groups is 1. The van der Waals surface area contributed by atoms with E-state index in [1.54, 1.807) is 60.7 Å². The van der Waals surface area contributed by atoms with Crippen molar-refractivity contribution in [2.24, 2.45) is 0 Å². The number of fused-ring (bicyclic) bond motifs is 1. The van der Waals surface area contributed by atoms with Crippen molar-refractivity contribution in [3.8, 4) is 0 Å². The number of halogens is 1. The zero-order valence-corrected chi connectivity index (χ0v) is 14.8. The average molecular weight is 379 g/mol. The molecule has 0 aromatic heterocycles. The Labute approximate surface area is 155 Å². The topological polar surface area (TPSA) is 63.2 Å². The highest BCUT2D eigenvalue weighted by Crippen LogP contribution is 2.40. The molecule has 0 fully saturated rings. The molecule has 1 aliphatic rings. The van der Waals surface area contributed by atoms with Gasteiger partial charge in [0.25, 0.3) is 0 Å². The van der Waals surface area contributed by atoms with Gasteiger partial charge in [-0.25, -0.2) is 12.8 Å². The molecule has 0 bridgehead atoms. The van der Waals surface area contributed by atoms with Crippen LogP contribution < -0.4 is 5.32 Å². The molecule has 3 aromatic carbocycles. The van der Waals surface area contributed by atoms with Crippen LogP contribution in [-0.4, -0.2) is 14.2 Å². The number of rotatable bonds is 3. The Hall–Kier alpha value is -3.25. The SMILES string of the molecule is O=C(C1=C(c2ccccc2)Nc2c(F)cccc2S1(=O)=O)c1ccccc1. The molecule has 0 radical (unpaired) electrons. The van der Waals surface area contributed by atoms with E-state index in [0.717, 1.165) is 0 Å². The number of hydrogen-bond acceptors (Lipinski definition) is 4. The predicted octanol–water partition coefficient (Wildman–Crippen LogP) is 4.28. The molecule has 0 saturated carbocycles. The van der Waals surface area contributed by atoms with E-state index in [0.29, 0.717) is 5.56 Å². The van der Waals surface area contributed by atoms with Gasteiger partial charge in [-0.2, -0.15) is 0 Å². The van der Waals surface area contributed by atoms with Gasteiger partial charge < -0.3 is 5.32 Å². The van der Waals surface area contributed by atoms with Gasteiger partial charge >= 0.3 is 0 Å². The van der Waals surface area contributed by atoms with Gasteiger partial charge in [-0.1, -0.05) is 66.7 Å². The Bertz CT molecular complexity index is 1170. The van der Waals surface area contributed by atoms with Crippen LogP contribution in [0.5, 0.6) is 0 Å². The van der Waals surface area contributed by atoms with Crippen LogP contribution in [-0.2, 0) is 9.84 Å². The molecule has 1 N–H and O–H groups in total. The van der Waals surface area contributed by atoms with Crippen LogP contribution in [0, 0.1) is 5.82 Å². The first-order chi connectivity index (χ1) is 13.0. The van der Waals surface area contributed by atoms with Crippen LogP contribution >= 0.6 is 0 Å². The number of anilines is 1. The molecule has 134 valence electrons. The normalized spacial score (nSPS) is 15.0. The van der Waals surface area contributed by atoms with E-state index >= 15 is 0 Å². The molecule has 1 heterocycles. The van der Waals surface area contributed by atoms with E-state index in [1.165, 1.54) is 18.2 Å². The molecule has 6 heteroatoms. The van der Waals surface area contributed by atoms with Crippen molar-refractivity contribution in [3.05, 3.63) is 101 Å². The number of ketones is 1. The lowest BCUT2D eigenvalue weighted by molar-refractivity contribution is 0.104. The number of para-hydroxylation sites is 1. The Morgan fingerprint density at radius 1 is 0.815 bits per heavy atom. The lowest BCUT2D eigenvalue weighted by atomic mass is 10.1.